The van der Waals surface area contributed by atoms with Crippen LogP contribution in [0.25, 0.3) is 32.8 Å². The van der Waals surface area contributed by atoms with Crippen molar-refractivity contribution in [2.24, 2.45) is 0 Å². The maximum absolute atomic E-state index is 13.0. The molecule has 0 bridgehead atoms. The number of aromatic amines is 2. The number of aromatic nitrogens is 5. The first-order valence-electron chi connectivity index (χ1n) is 9.31. The number of nitrogens with zero attached hydrogens (tertiary/aromatic N) is 3. The topological polar surface area (TPSA) is 171 Å². The first-order valence-corrected chi connectivity index (χ1v) is 11.5. The van der Waals surface area contributed by atoms with Crippen molar-refractivity contribution in [3.63, 3.8) is 0 Å². The lowest BCUT2D eigenvalue weighted by Gasteiger charge is -2.09. The van der Waals surface area contributed by atoms with Crippen LogP contribution in [0, 0.1) is 0 Å². The third kappa shape index (κ3) is 4.72. The van der Waals surface area contributed by atoms with Gasteiger partial charge in [-0.05, 0) is 35.9 Å². The van der Waals surface area contributed by atoms with Crippen molar-refractivity contribution in [2.75, 3.05) is 6.26 Å². The Balaban J connectivity index is 0.000000471. The average molecular weight is 490 g/mol. The standard InChI is InChI=1S/C19H12ClN5O3.CH4O3S/c20-10-2-3-11-13(6-10)23-16-15(17(11)26)19(28)25(24-18(16)27)7-9-1-4-12-14(5-9)22-8-21-12;1-5(2,3)4/h1-6,8H,7H2,(H,21,22)(H,23,26)(H,24,27);1H3,(H,2,3,4). The number of H-pyrrole nitrogens is 2. The summed E-state index contributed by atoms with van der Waals surface area (Å²) in [5, 5.41) is 14.9. The van der Waals surface area contributed by atoms with Crippen LogP contribution in [-0.2, 0) is 16.7 Å². The molecule has 0 saturated carbocycles. The smallest absolute Gasteiger partial charge is 0.280 e. The van der Waals surface area contributed by atoms with Gasteiger partial charge in [-0.15, -0.1) is 5.10 Å². The van der Waals surface area contributed by atoms with Crippen molar-refractivity contribution in [1.82, 2.24) is 24.7 Å². The van der Waals surface area contributed by atoms with Gasteiger partial charge in [0, 0.05) is 10.4 Å². The van der Waals surface area contributed by atoms with E-state index >= 15 is 0 Å². The van der Waals surface area contributed by atoms with Crippen LogP contribution in [0.4, 0.5) is 0 Å². The van der Waals surface area contributed by atoms with Gasteiger partial charge in [-0.25, -0.2) is 9.67 Å². The zero-order chi connectivity index (χ0) is 23.9. The molecule has 4 N–H and O–H groups in total. The summed E-state index contributed by atoms with van der Waals surface area (Å²) in [6.07, 6.45) is 2.30. The van der Waals surface area contributed by atoms with E-state index in [1.54, 1.807) is 24.5 Å². The molecule has 5 rings (SSSR count). The predicted octanol–water partition coefficient (Wildman–Crippen LogP) is 2.03. The Bertz CT molecular complexity index is 1750. The zero-order valence-electron chi connectivity index (χ0n) is 16.9. The maximum Gasteiger partial charge on any atom is 0.280 e. The van der Waals surface area contributed by atoms with Gasteiger partial charge in [0.1, 0.15) is 10.9 Å². The third-order valence-corrected chi connectivity index (χ3v) is 4.90. The fourth-order valence-electron chi connectivity index (χ4n) is 3.33. The fraction of sp³-hybridized carbons (Fsp3) is 0.100. The van der Waals surface area contributed by atoms with Crippen molar-refractivity contribution in [2.45, 2.75) is 6.54 Å². The molecule has 0 aliphatic heterocycles. The lowest BCUT2D eigenvalue weighted by atomic mass is 10.1. The lowest BCUT2D eigenvalue weighted by molar-refractivity contribution is 0.431. The van der Waals surface area contributed by atoms with Gasteiger partial charge in [-0.3, -0.25) is 14.1 Å². The molecule has 3 aromatic heterocycles. The van der Waals surface area contributed by atoms with Gasteiger partial charge in [-0.2, -0.15) is 8.42 Å². The summed E-state index contributed by atoms with van der Waals surface area (Å²) in [6, 6.07) is 10.2. The maximum atomic E-state index is 13.0. The Morgan fingerprint density at radius 2 is 1.85 bits per heavy atom. The van der Waals surface area contributed by atoms with Crippen molar-refractivity contribution >= 4 is 54.6 Å². The second kappa shape index (κ2) is 8.31. The Morgan fingerprint density at radius 1 is 1.12 bits per heavy atom. The predicted molar refractivity (Wildman–Crippen MR) is 123 cm³/mol. The summed E-state index contributed by atoms with van der Waals surface area (Å²) < 4.78 is 26.9. The van der Waals surface area contributed by atoms with Crippen LogP contribution in [0.3, 0.4) is 0 Å². The van der Waals surface area contributed by atoms with Gasteiger partial charge in [-0.1, -0.05) is 17.7 Å². The SMILES string of the molecule is CS(=O)(=O)O.O=c1c2ccc(Cl)cc2[nH]c2c(O)nn(Cc3ccc4[nH]cnc4c3)c(=O)c12. The molecule has 0 aliphatic rings. The largest absolute Gasteiger partial charge is 0.491 e. The van der Waals surface area contributed by atoms with E-state index in [4.69, 9.17) is 16.2 Å². The Kier molecular flexibility index (Phi) is 5.66. The molecule has 3 heterocycles. The zero-order valence-corrected chi connectivity index (χ0v) is 18.5. The number of imidazole rings is 1. The molecule has 0 saturated heterocycles. The molecular formula is C20H16ClN5O6S. The van der Waals surface area contributed by atoms with Gasteiger partial charge in [0.05, 0.1) is 35.7 Å². The Hall–Kier alpha value is -3.74. The van der Waals surface area contributed by atoms with E-state index in [-0.39, 0.29) is 17.4 Å². The van der Waals surface area contributed by atoms with Crippen LogP contribution in [0.1, 0.15) is 5.56 Å². The van der Waals surface area contributed by atoms with E-state index < -0.39 is 27.0 Å². The molecule has 11 nitrogen and oxygen atoms in total. The highest BCUT2D eigenvalue weighted by atomic mass is 35.5. The normalized spacial score (nSPS) is 11.6. The van der Waals surface area contributed by atoms with Gasteiger partial charge in [0.15, 0.2) is 0 Å². The number of hydrogen-bond acceptors (Lipinski definition) is 7. The number of benzene rings is 2. The van der Waals surface area contributed by atoms with Crippen LogP contribution in [0.15, 0.2) is 52.3 Å². The fourth-order valence-corrected chi connectivity index (χ4v) is 3.50. The highest BCUT2D eigenvalue weighted by molar-refractivity contribution is 7.85. The average Bonchev–Trinajstić information content (AvgIpc) is 3.18. The van der Waals surface area contributed by atoms with Gasteiger partial charge < -0.3 is 15.1 Å². The van der Waals surface area contributed by atoms with E-state index in [1.807, 2.05) is 18.2 Å². The Labute approximate surface area is 190 Å². The number of fused-ring (bicyclic) bond motifs is 3. The molecule has 13 heteroatoms. The van der Waals surface area contributed by atoms with Crippen LogP contribution < -0.4 is 11.0 Å². The minimum absolute atomic E-state index is 0.0104. The Morgan fingerprint density at radius 3 is 2.58 bits per heavy atom. The van der Waals surface area contributed by atoms with E-state index in [9.17, 15) is 23.1 Å². The summed E-state index contributed by atoms with van der Waals surface area (Å²) in [5.74, 6) is -0.436. The summed E-state index contributed by atoms with van der Waals surface area (Å²) in [6.45, 7) is 0.0865. The van der Waals surface area contributed by atoms with Gasteiger partial charge in [0.2, 0.25) is 5.43 Å². The highest BCUT2D eigenvalue weighted by Gasteiger charge is 2.16. The lowest BCUT2D eigenvalue weighted by Crippen LogP contribution is -2.28. The minimum atomic E-state index is -3.67. The number of halogens is 1. The summed E-state index contributed by atoms with van der Waals surface area (Å²) >= 11 is 5.97. The van der Waals surface area contributed by atoms with E-state index in [1.165, 1.54) is 0 Å². The number of nitrogens with one attached hydrogen (secondary N) is 2. The van der Waals surface area contributed by atoms with Crippen molar-refractivity contribution < 1.29 is 18.1 Å². The third-order valence-electron chi connectivity index (χ3n) is 4.67. The van der Waals surface area contributed by atoms with Gasteiger partial charge >= 0.3 is 0 Å². The molecule has 0 fully saturated rings. The number of aromatic hydroxyl groups is 1. The van der Waals surface area contributed by atoms with Crippen molar-refractivity contribution in [3.05, 3.63) is 73.9 Å². The van der Waals surface area contributed by atoms with E-state index in [0.717, 1.165) is 21.3 Å². The molecule has 0 spiro atoms. The second-order valence-electron chi connectivity index (χ2n) is 7.17. The molecule has 2 aromatic carbocycles. The summed E-state index contributed by atoms with van der Waals surface area (Å²) in [4.78, 5) is 35.9. The molecule has 0 amide bonds. The van der Waals surface area contributed by atoms with Crippen molar-refractivity contribution in [1.29, 1.82) is 0 Å². The molecule has 0 atom stereocenters. The van der Waals surface area contributed by atoms with Crippen LogP contribution in [0.5, 0.6) is 5.88 Å². The monoisotopic (exact) mass is 489 g/mol. The van der Waals surface area contributed by atoms with Crippen LogP contribution in [0.2, 0.25) is 5.02 Å². The van der Waals surface area contributed by atoms with Gasteiger partial charge in [0.25, 0.3) is 21.6 Å². The molecule has 33 heavy (non-hydrogen) atoms. The first kappa shape index (κ1) is 22.5. The number of rotatable bonds is 2. The van der Waals surface area contributed by atoms with E-state index in [2.05, 4.69) is 20.1 Å². The number of hydrogen-bond donors (Lipinski definition) is 4. The van der Waals surface area contributed by atoms with Crippen molar-refractivity contribution in [3.8, 4) is 5.88 Å². The number of pyridine rings is 1. The minimum Gasteiger partial charge on any atom is -0.491 e. The van der Waals surface area contributed by atoms with Crippen LogP contribution in [-0.4, -0.2) is 49.1 Å². The molecule has 5 aromatic rings. The molecule has 170 valence electrons. The molecule has 0 radical (unpaired) electrons. The summed E-state index contributed by atoms with van der Waals surface area (Å²) in [7, 11) is -3.67. The molecule has 0 unspecified atom stereocenters. The molecular weight excluding hydrogens is 474 g/mol. The molecule has 0 aliphatic carbocycles. The summed E-state index contributed by atoms with van der Waals surface area (Å²) in [5.41, 5.74) is 1.71. The van der Waals surface area contributed by atoms with Crippen LogP contribution >= 0.6 is 11.6 Å². The quantitative estimate of drug-likeness (QED) is 0.215. The highest BCUT2D eigenvalue weighted by Crippen LogP contribution is 2.21. The second-order valence-corrected chi connectivity index (χ2v) is 9.07. The van der Waals surface area contributed by atoms with E-state index in [0.29, 0.717) is 22.2 Å². The first-order chi connectivity index (χ1) is 15.5.